The minimum Gasteiger partial charge on any atom is -0.272 e. The van der Waals surface area contributed by atoms with Crippen LogP contribution in [-0.2, 0) is 10.5 Å². The number of carbonyl (C=O) groups excluding carboxylic acids is 2. The molecule has 0 unspecified atom stereocenters. The molecule has 2 rings (SSSR count). The van der Waals surface area contributed by atoms with Crippen LogP contribution in [0.1, 0.15) is 15.2 Å². The number of nitrogens with one attached hydrogen (secondary N) is 2. The Morgan fingerprint density at radius 1 is 1.14 bits per heavy atom. The average Bonchev–Trinajstić information content (AvgIpc) is 2.99. The molecule has 0 bridgehead atoms. The molecule has 21 heavy (non-hydrogen) atoms. The summed E-state index contributed by atoms with van der Waals surface area (Å²) in [6.45, 7) is 0. The average molecular weight is 341 g/mol. The summed E-state index contributed by atoms with van der Waals surface area (Å²) in [5, 5.41) is 2.56. The first-order valence-corrected chi connectivity index (χ1v) is 8.51. The number of hydrogen-bond donors (Lipinski definition) is 2. The van der Waals surface area contributed by atoms with Gasteiger partial charge >= 0.3 is 0 Å². The zero-order valence-electron chi connectivity index (χ0n) is 11.0. The molecule has 0 radical (unpaired) electrons. The number of amides is 2. The largest absolute Gasteiger partial charge is 0.272 e. The molecule has 0 aliphatic rings. The molecule has 0 saturated carbocycles. The fourth-order valence-electron chi connectivity index (χ4n) is 1.48. The van der Waals surface area contributed by atoms with Crippen LogP contribution >= 0.6 is 34.7 Å². The predicted octanol–water partition coefficient (Wildman–Crippen LogP) is 3.10. The first kappa shape index (κ1) is 15.9. The van der Waals surface area contributed by atoms with Crippen molar-refractivity contribution < 1.29 is 9.59 Å². The third kappa shape index (κ3) is 5.41. The fraction of sp³-hybridized carbons (Fsp3) is 0.143. The van der Waals surface area contributed by atoms with Gasteiger partial charge in [-0.2, -0.15) is 0 Å². The topological polar surface area (TPSA) is 58.2 Å². The SMILES string of the molecule is O=C(CSCc1cccs1)NNC(=O)c1ccc(Cl)cc1. The first-order valence-electron chi connectivity index (χ1n) is 6.10. The van der Waals surface area contributed by atoms with Crippen molar-refractivity contribution in [1.29, 1.82) is 0 Å². The molecule has 0 aliphatic carbocycles. The maximum absolute atomic E-state index is 11.7. The van der Waals surface area contributed by atoms with Crippen LogP contribution in [0.2, 0.25) is 5.02 Å². The van der Waals surface area contributed by atoms with Crippen molar-refractivity contribution in [3.8, 4) is 0 Å². The normalized spacial score (nSPS) is 10.1. The fourth-order valence-corrected chi connectivity index (χ4v) is 3.27. The van der Waals surface area contributed by atoms with E-state index in [1.54, 1.807) is 35.6 Å². The summed E-state index contributed by atoms with van der Waals surface area (Å²) in [6.07, 6.45) is 0. The Morgan fingerprint density at radius 2 is 1.90 bits per heavy atom. The number of halogens is 1. The Morgan fingerprint density at radius 3 is 2.57 bits per heavy atom. The Hall–Kier alpha value is -1.50. The Bertz CT molecular complexity index is 600. The summed E-state index contributed by atoms with van der Waals surface area (Å²) in [7, 11) is 0. The number of thioether (sulfide) groups is 1. The summed E-state index contributed by atoms with van der Waals surface area (Å²) in [5.41, 5.74) is 5.19. The molecule has 0 atom stereocenters. The van der Waals surface area contributed by atoms with E-state index in [1.165, 1.54) is 16.6 Å². The highest BCUT2D eigenvalue weighted by Gasteiger charge is 2.07. The van der Waals surface area contributed by atoms with Crippen LogP contribution in [0.3, 0.4) is 0 Å². The van der Waals surface area contributed by atoms with Gasteiger partial charge in [0.15, 0.2) is 0 Å². The van der Waals surface area contributed by atoms with E-state index in [9.17, 15) is 9.59 Å². The lowest BCUT2D eigenvalue weighted by molar-refractivity contribution is -0.119. The van der Waals surface area contributed by atoms with Gasteiger partial charge in [-0.1, -0.05) is 17.7 Å². The van der Waals surface area contributed by atoms with Crippen molar-refractivity contribution in [1.82, 2.24) is 10.9 Å². The molecule has 4 nitrogen and oxygen atoms in total. The zero-order valence-corrected chi connectivity index (χ0v) is 13.4. The third-order valence-electron chi connectivity index (χ3n) is 2.48. The van der Waals surface area contributed by atoms with Crippen LogP contribution in [0.5, 0.6) is 0 Å². The molecule has 2 amide bonds. The Labute approximate surface area is 135 Å². The molecule has 0 saturated heterocycles. The van der Waals surface area contributed by atoms with Gasteiger partial charge in [-0.25, -0.2) is 0 Å². The van der Waals surface area contributed by atoms with Crippen molar-refractivity contribution >= 4 is 46.5 Å². The van der Waals surface area contributed by atoms with Crippen LogP contribution in [0.25, 0.3) is 0 Å². The monoisotopic (exact) mass is 340 g/mol. The van der Waals surface area contributed by atoms with Gasteiger partial charge in [0.1, 0.15) is 0 Å². The lowest BCUT2D eigenvalue weighted by Crippen LogP contribution is -2.42. The molecule has 2 aromatic rings. The number of rotatable bonds is 5. The lowest BCUT2D eigenvalue weighted by Gasteiger charge is -2.07. The second kappa shape index (κ2) is 8.07. The van der Waals surface area contributed by atoms with Gasteiger partial charge in [0.05, 0.1) is 5.75 Å². The smallest absolute Gasteiger partial charge is 0.269 e. The van der Waals surface area contributed by atoms with Gasteiger partial charge in [0.2, 0.25) is 5.91 Å². The van der Waals surface area contributed by atoms with Crippen LogP contribution in [0, 0.1) is 0 Å². The summed E-state index contributed by atoms with van der Waals surface area (Å²) >= 11 is 8.90. The maximum atomic E-state index is 11.7. The predicted molar refractivity (Wildman–Crippen MR) is 87.5 cm³/mol. The van der Waals surface area contributed by atoms with Crippen LogP contribution in [-0.4, -0.2) is 17.6 Å². The van der Waals surface area contributed by atoms with Crippen molar-refractivity contribution in [2.75, 3.05) is 5.75 Å². The lowest BCUT2D eigenvalue weighted by atomic mass is 10.2. The second-order valence-electron chi connectivity index (χ2n) is 4.08. The summed E-state index contributed by atoms with van der Waals surface area (Å²) in [4.78, 5) is 24.6. The zero-order chi connectivity index (χ0) is 15.1. The number of carbonyl (C=O) groups is 2. The summed E-state index contributed by atoms with van der Waals surface area (Å²) in [6, 6.07) is 10.4. The van der Waals surface area contributed by atoms with Crippen molar-refractivity contribution in [3.63, 3.8) is 0 Å². The van der Waals surface area contributed by atoms with Crippen molar-refractivity contribution in [2.45, 2.75) is 5.75 Å². The van der Waals surface area contributed by atoms with E-state index in [2.05, 4.69) is 10.9 Å². The molecule has 0 aliphatic heterocycles. The third-order valence-corrected chi connectivity index (χ3v) is 4.77. The van der Waals surface area contributed by atoms with E-state index in [1.807, 2.05) is 17.5 Å². The highest BCUT2D eigenvalue weighted by molar-refractivity contribution is 7.99. The minimum atomic E-state index is -0.372. The molecule has 1 heterocycles. The van der Waals surface area contributed by atoms with Crippen LogP contribution in [0.15, 0.2) is 41.8 Å². The molecule has 1 aromatic heterocycles. The molecule has 0 fully saturated rings. The van der Waals surface area contributed by atoms with E-state index in [0.29, 0.717) is 16.3 Å². The summed E-state index contributed by atoms with van der Waals surface area (Å²) in [5.74, 6) is 0.469. The molecule has 0 spiro atoms. The molecule has 1 aromatic carbocycles. The number of thiophene rings is 1. The highest BCUT2D eigenvalue weighted by atomic mass is 35.5. The van der Waals surface area contributed by atoms with Gasteiger partial charge < -0.3 is 0 Å². The van der Waals surface area contributed by atoms with E-state index >= 15 is 0 Å². The second-order valence-corrected chi connectivity index (χ2v) is 6.54. The van der Waals surface area contributed by atoms with Gasteiger partial charge in [-0.05, 0) is 35.7 Å². The number of hydrazine groups is 1. The van der Waals surface area contributed by atoms with E-state index in [4.69, 9.17) is 11.6 Å². The van der Waals surface area contributed by atoms with Crippen LogP contribution < -0.4 is 10.9 Å². The van der Waals surface area contributed by atoms with E-state index in [-0.39, 0.29) is 11.8 Å². The first-order chi connectivity index (χ1) is 10.1. The number of hydrogen-bond acceptors (Lipinski definition) is 4. The minimum absolute atomic E-state index is 0.237. The molecule has 2 N–H and O–H groups in total. The molecular formula is C14H13ClN2O2S2. The van der Waals surface area contributed by atoms with E-state index < -0.39 is 0 Å². The van der Waals surface area contributed by atoms with E-state index in [0.717, 1.165) is 5.75 Å². The van der Waals surface area contributed by atoms with Crippen LogP contribution in [0.4, 0.5) is 0 Å². The highest BCUT2D eigenvalue weighted by Crippen LogP contribution is 2.16. The maximum Gasteiger partial charge on any atom is 0.269 e. The molecule has 110 valence electrons. The van der Waals surface area contributed by atoms with Gasteiger partial charge in [-0.3, -0.25) is 20.4 Å². The van der Waals surface area contributed by atoms with Crippen molar-refractivity contribution in [3.05, 3.63) is 57.2 Å². The number of benzene rings is 1. The standard InChI is InChI=1S/C14H13ClN2O2S2/c15-11-5-3-10(4-6-11)14(19)17-16-13(18)9-20-8-12-2-1-7-21-12/h1-7H,8-9H2,(H,16,18)(H,17,19). The molecule has 7 heteroatoms. The Balaban J connectivity index is 1.68. The summed E-state index contributed by atoms with van der Waals surface area (Å²) < 4.78 is 0. The van der Waals surface area contributed by atoms with Crippen molar-refractivity contribution in [2.24, 2.45) is 0 Å². The Kier molecular flexibility index (Phi) is 6.10. The van der Waals surface area contributed by atoms with Gasteiger partial charge in [0.25, 0.3) is 5.91 Å². The van der Waals surface area contributed by atoms with Gasteiger partial charge in [-0.15, -0.1) is 23.1 Å². The quantitative estimate of drug-likeness (QED) is 0.822. The molecular weight excluding hydrogens is 328 g/mol. The van der Waals surface area contributed by atoms with Gasteiger partial charge in [0, 0.05) is 21.2 Å².